The summed E-state index contributed by atoms with van der Waals surface area (Å²) in [6, 6.07) is 1.78. The fourth-order valence-corrected chi connectivity index (χ4v) is 4.70. The molecule has 114 valence electrons. The average Bonchev–Trinajstić information content (AvgIpc) is 3.13. The molecule has 2 rings (SSSR count). The first-order chi connectivity index (χ1) is 9.53. The second kappa shape index (κ2) is 7.02. The summed E-state index contributed by atoms with van der Waals surface area (Å²) in [5.74, 6) is 0.747. The molecule has 0 atom stereocenters. The Morgan fingerprint density at radius 1 is 1.35 bits per heavy atom. The van der Waals surface area contributed by atoms with Crippen molar-refractivity contribution in [3.63, 3.8) is 0 Å². The van der Waals surface area contributed by atoms with E-state index in [0.29, 0.717) is 10.8 Å². The van der Waals surface area contributed by atoms with Crippen LogP contribution >= 0.6 is 11.3 Å². The first-order valence-electron chi connectivity index (χ1n) is 7.32. The third kappa shape index (κ3) is 4.55. The molecule has 6 heteroatoms. The van der Waals surface area contributed by atoms with Crippen molar-refractivity contribution in [1.82, 2.24) is 10.0 Å². The molecule has 4 nitrogen and oxygen atoms in total. The second-order valence-corrected chi connectivity index (χ2v) is 8.61. The van der Waals surface area contributed by atoms with E-state index in [9.17, 15) is 8.42 Å². The van der Waals surface area contributed by atoms with E-state index in [1.807, 2.05) is 6.92 Å². The summed E-state index contributed by atoms with van der Waals surface area (Å²) in [5.41, 5.74) is 1.06. The lowest BCUT2D eigenvalue weighted by Crippen LogP contribution is -2.24. The SMILES string of the molecule is CCCNCc1sc(S(=O)(=O)NCCC2CC2)cc1C. The lowest BCUT2D eigenvalue weighted by Gasteiger charge is -2.03. The largest absolute Gasteiger partial charge is 0.312 e. The number of rotatable bonds is 9. The van der Waals surface area contributed by atoms with E-state index in [-0.39, 0.29) is 0 Å². The summed E-state index contributed by atoms with van der Waals surface area (Å²) in [6.45, 7) is 6.37. The first-order valence-corrected chi connectivity index (χ1v) is 9.62. The molecule has 1 aromatic heterocycles. The molecular weight excluding hydrogens is 292 g/mol. The predicted octanol–water partition coefficient (Wildman–Crippen LogP) is 2.63. The van der Waals surface area contributed by atoms with Gasteiger partial charge in [0.25, 0.3) is 0 Å². The summed E-state index contributed by atoms with van der Waals surface area (Å²) >= 11 is 1.38. The standard InChI is InChI=1S/C14H24N2O2S2/c1-3-7-15-10-13-11(2)9-14(19-13)20(17,18)16-8-6-12-4-5-12/h9,12,15-16H,3-8,10H2,1-2H3. The van der Waals surface area contributed by atoms with Crippen LogP contribution in [0.3, 0.4) is 0 Å². The normalized spacial score (nSPS) is 15.7. The number of hydrogen-bond acceptors (Lipinski definition) is 4. The predicted molar refractivity (Wildman–Crippen MR) is 83.6 cm³/mol. The van der Waals surface area contributed by atoms with Crippen LogP contribution in [0.15, 0.2) is 10.3 Å². The van der Waals surface area contributed by atoms with Crippen molar-refractivity contribution in [3.8, 4) is 0 Å². The van der Waals surface area contributed by atoms with E-state index in [1.165, 1.54) is 24.2 Å². The fraction of sp³-hybridized carbons (Fsp3) is 0.714. The maximum atomic E-state index is 12.2. The molecule has 1 aliphatic carbocycles. The molecule has 0 bridgehead atoms. The van der Waals surface area contributed by atoms with Gasteiger partial charge in [-0.3, -0.25) is 0 Å². The highest BCUT2D eigenvalue weighted by Gasteiger charge is 2.23. The molecule has 0 amide bonds. The van der Waals surface area contributed by atoms with E-state index in [1.54, 1.807) is 6.07 Å². The van der Waals surface area contributed by atoms with Gasteiger partial charge < -0.3 is 5.32 Å². The summed E-state index contributed by atoms with van der Waals surface area (Å²) in [4.78, 5) is 1.11. The molecule has 20 heavy (non-hydrogen) atoms. The van der Waals surface area contributed by atoms with Gasteiger partial charge in [-0.15, -0.1) is 11.3 Å². The molecule has 1 aliphatic rings. The zero-order valence-corrected chi connectivity index (χ0v) is 13.9. The zero-order valence-electron chi connectivity index (χ0n) is 12.2. The Bertz CT molecular complexity index is 533. The van der Waals surface area contributed by atoms with Gasteiger partial charge in [0, 0.05) is 18.0 Å². The topological polar surface area (TPSA) is 58.2 Å². The Morgan fingerprint density at radius 2 is 2.10 bits per heavy atom. The quantitative estimate of drug-likeness (QED) is 0.689. The van der Waals surface area contributed by atoms with Crippen LogP contribution in [0.5, 0.6) is 0 Å². The molecule has 0 saturated heterocycles. The van der Waals surface area contributed by atoms with Crippen molar-refractivity contribution < 1.29 is 8.42 Å². The van der Waals surface area contributed by atoms with Crippen molar-refractivity contribution in [1.29, 1.82) is 0 Å². The Balaban J connectivity index is 1.93. The van der Waals surface area contributed by atoms with Gasteiger partial charge in [0.15, 0.2) is 0 Å². The molecule has 0 aromatic carbocycles. The summed E-state index contributed by atoms with van der Waals surface area (Å²) in [5, 5.41) is 3.32. The van der Waals surface area contributed by atoms with Gasteiger partial charge in [-0.1, -0.05) is 19.8 Å². The lowest BCUT2D eigenvalue weighted by molar-refractivity contribution is 0.577. The van der Waals surface area contributed by atoms with Gasteiger partial charge in [-0.05, 0) is 43.9 Å². The monoisotopic (exact) mass is 316 g/mol. The van der Waals surface area contributed by atoms with Crippen molar-refractivity contribution in [3.05, 3.63) is 16.5 Å². The number of nitrogens with one attached hydrogen (secondary N) is 2. The number of sulfonamides is 1. The van der Waals surface area contributed by atoms with Gasteiger partial charge in [-0.2, -0.15) is 0 Å². The van der Waals surface area contributed by atoms with Crippen LogP contribution in [0.2, 0.25) is 0 Å². The van der Waals surface area contributed by atoms with Crippen molar-refractivity contribution in [2.45, 2.75) is 50.3 Å². The first kappa shape index (κ1) is 15.9. The van der Waals surface area contributed by atoms with Crippen LogP contribution in [0, 0.1) is 12.8 Å². The number of thiophene rings is 1. The van der Waals surface area contributed by atoms with Crippen LogP contribution in [0.25, 0.3) is 0 Å². The highest BCUT2D eigenvalue weighted by atomic mass is 32.2. The second-order valence-electron chi connectivity index (χ2n) is 5.48. The van der Waals surface area contributed by atoms with Crippen LogP contribution in [0.1, 0.15) is 43.0 Å². The summed E-state index contributed by atoms with van der Waals surface area (Å²) in [6.07, 6.45) is 4.56. The van der Waals surface area contributed by atoms with E-state index in [2.05, 4.69) is 17.0 Å². The van der Waals surface area contributed by atoms with Crippen molar-refractivity contribution in [2.75, 3.05) is 13.1 Å². The zero-order chi connectivity index (χ0) is 14.6. The van der Waals surface area contributed by atoms with Crippen LogP contribution in [-0.2, 0) is 16.6 Å². The summed E-state index contributed by atoms with van der Waals surface area (Å²) < 4.78 is 27.6. The Labute approximate surface area is 126 Å². The molecule has 1 heterocycles. The Hall–Kier alpha value is -0.430. The highest BCUT2D eigenvalue weighted by Crippen LogP contribution is 2.32. The third-order valence-electron chi connectivity index (χ3n) is 3.52. The smallest absolute Gasteiger partial charge is 0.250 e. The molecule has 0 unspecified atom stereocenters. The van der Waals surface area contributed by atoms with Gasteiger partial charge in [0.1, 0.15) is 4.21 Å². The number of hydrogen-bond donors (Lipinski definition) is 2. The maximum absolute atomic E-state index is 12.2. The minimum atomic E-state index is -3.32. The Kier molecular flexibility index (Phi) is 5.60. The third-order valence-corrected chi connectivity index (χ3v) is 6.69. The van der Waals surface area contributed by atoms with E-state index >= 15 is 0 Å². The molecule has 1 aromatic rings. The minimum absolute atomic E-state index is 0.444. The van der Waals surface area contributed by atoms with Crippen LogP contribution < -0.4 is 10.0 Å². The molecule has 2 N–H and O–H groups in total. The molecule has 0 spiro atoms. The molecule has 1 saturated carbocycles. The van der Waals surface area contributed by atoms with E-state index in [0.717, 1.165) is 42.3 Å². The van der Waals surface area contributed by atoms with Crippen LogP contribution in [-0.4, -0.2) is 21.5 Å². The molecule has 0 radical (unpaired) electrons. The molecule has 1 fully saturated rings. The molecular formula is C14H24N2O2S2. The van der Waals surface area contributed by atoms with Gasteiger partial charge in [0.05, 0.1) is 0 Å². The van der Waals surface area contributed by atoms with Gasteiger partial charge in [-0.25, -0.2) is 13.1 Å². The highest BCUT2D eigenvalue weighted by molar-refractivity contribution is 7.91. The van der Waals surface area contributed by atoms with Gasteiger partial charge >= 0.3 is 0 Å². The Morgan fingerprint density at radius 3 is 2.75 bits per heavy atom. The maximum Gasteiger partial charge on any atom is 0.250 e. The average molecular weight is 316 g/mol. The minimum Gasteiger partial charge on any atom is -0.312 e. The summed E-state index contributed by atoms with van der Waals surface area (Å²) in [7, 11) is -3.32. The van der Waals surface area contributed by atoms with E-state index in [4.69, 9.17) is 0 Å². The lowest BCUT2D eigenvalue weighted by atomic mass is 10.3. The number of aryl methyl sites for hydroxylation is 1. The van der Waals surface area contributed by atoms with Crippen LogP contribution in [0.4, 0.5) is 0 Å². The van der Waals surface area contributed by atoms with E-state index < -0.39 is 10.0 Å². The molecule has 0 aliphatic heterocycles. The van der Waals surface area contributed by atoms with Crippen molar-refractivity contribution >= 4 is 21.4 Å². The van der Waals surface area contributed by atoms with Gasteiger partial charge in [0.2, 0.25) is 10.0 Å². The fourth-order valence-electron chi connectivity index (χ4n) is 2.05. The van der Waals surface area contributed by atoms with Crippen molar-refractivity contribution in [2.24, 2.45) is 5.92 Å².